The van der Waals surface area contributed by atoms with Crippen molar-refractivity contribution in [1.29, 1.82) is 0 Å². The number of hydrogen-bond donors (Lipinski definition) is 1. The Kier molecular flexibility index (Phi) is 4.45. The Morgan fingerprint density at radius 2 is 2.31 bits per heavy atom. The van der Waals surface area contributed by atoms with Crippen LogP contribution in [0.3, 0.4) is 0 Å². The summed E-state index contributed by atoms with van der Waals surface area (Å²) in [5.41, 5.74) is 1.09. The summed E-state index contributed by atoms with van der Waals surface area (Å²) < 4.78 is 0. The van der Waals surface area contributed by atoms with E-state index in [0.29, 0.717) is 0 Å². The number of thioether (sulfide) groups is 1. The molecule has 1 aromatic rings. The first-order valence-corrected chi connectivity index (χ1v) is 5.37. The van der Waals surface area contributed by atoms with E-state index in [1.165, 1.54) is 4.90 Å². The summed E-state index contributed by atoms with van der Waals surface area (Å²) in [5, 5.41) is 2.99. The summed E-state index contributed by atoms with van der Waals surface area (Å²) in [7, 11) is 1.90. The van der Waals surface area contributed by atoms with Gasteiger partial charge >= 0.3 is 0 Å². The van der Waals surface area contributed by atoms with Crippen molar-refractivity contribution in [3.63, 3.8) is 0 Å². The van der Waals surface area contributed by atoms with E-state index in [1.54, 1.807) is 11.8 Å². The summed E-state index contributed by atoms with van der Waals surface area (Å²) in [4.78, 5) is 1.26. The monoisotopic (exact) mass is 191 g/mol. The maximum Gasteiger partial charge on any atom is 0.0577 e. The van der Waals surface area contributed by atoms with Crippen molar-refractivity contribution in [3.8, 4) is 11.8 Å². The van der Waals surface area contributed by atoms with Crippen LogP contribution >= 0.6 is 11.8 Å². The van der Waals surface area contributed by atoms with Crippen LogP contribution in [0.15, 0.2) is 29.2 Å². The van der Waals surface area contributed by atoms with E-state index in [2.05, 4.69) is 35.5 Å². The van der Waals surface area contributed by atoms with Crippen molar-refractivity contribution >= 4 is 11.8 Å². The number of rotatable bonds is 2. The highest BCUT2D eigenvalue weighted by Crippen LogP contribution is 2.14. The maximum atomic E-state index is 3.09. The fourth-order valence-electron chi connectivity index (χ4n) is 0.935. The first kappa shape index (κ1) is 10.2. The highest BCUT2D eigenvalue weighted by molar-refractivity contribution is 7.98. The molecule has 0 atom stereocenters. The van der Waals surface area contributed by atoms with Gasteiger partial charge in [-0.3, -0.25) is 0 Å². The van der Waals surface area contributed by atoms with Gasteiger partial charge in [-0.1, -0.05) is 17.9 Å². The topological polar surface area (TPSA) is 12.0 Å². The maximum absolute atomic E-state index is 3.09. The molecule has 0 radical (unpaired) electrons. The molecule has 2 heteroatoms. The molecule has 0 saturated heterocycles. The van der Waals surface area contributed by atoms with Crippen LogP contribution in [0.5, 0.6) is 0 Å². The third-order valence-corrected chi connectivity index (χ3v) is 2.29. The molecule has 0 saturated carbocycles. The first-order chi connectivity index (χ1) is 6.36. The second-order valence-corrected chi connectivity index (χ2v) is 3.44. The molecule has 1 nitrogen and oxygen atoms in total. The minimum absolute atomic E-state index is 0.740. The van der Waals surface area contributed by atoms with Gasteiger partial charge < -0.3 is 5.32 Å². The van der Waals surface area contributed by atoms with E-state index in [1.807, 2.05) is 19.2 Å². The van der Waals surface area contributed by atoms with Gasteiger partial charge in [-0.2, -0.15) is 0 Å². The molecule has 1 N–H and O–H groups in total. The molecule has 0 heterocycles. The van der Waals surface area contributed by atoms with Crippen LogP contribution in [0.2, 0.25) is 0 Å². The summed E-state index contributed by atoms with van der Waals surface area (Å²) >= 11 is 1.74. The van der Waals surface area contributed by atoms with Crippen molar-refractivity contribution in [2.75, 3.05) is 19.8 Å². The van der Waals surface area contributed by atoms with Crippen molar-refractivity contribution in [2.24, 2.45) is 0 Å². The average molecular weight is 191 g/mol. The van der Waals surface area contributed by atoms with Gasteiger partial charge in [-0.05, 0) is 31.5 Å². The molecule has 0 aromatic heterocycles. The van der Waals surface area contributed by atoms with Crippen LogP contribution in [0, 0.1) is 11.8 Å². The van der Waals surface area contributed by atoms with Crippen LogP contribution in [-0.2, 0) is 0 Å². The summed E-state index contributed by atoms with van der Waals surface area (Å²) in [6, 6.07) is 8.26. The quantitative estimate of drug-likeness (QED) is 0.566. The van der Waals surface area contributed by atoms with Gasteiger partial charge in [0.25, 0.3) is 0 Å². The lowest BCUT2D eigenvalue weighted by Crippen LogP contribution is -2.04. The molecule has 0 aliphatic heterocycles. The number of hydrogen-bond acceptors (Lipinski definition) is 2. The Bertz CT molecular complexity index is 322. The SMILES string of the molecule is CNCC#Cc1cccc(SC)c1. The smallest absolute Gasteiger partial charge is 0.0577 e. The van der Waals surface area contributed by atoms with Crippen molar-refractivity contribution in [2.45, 2.75) is 4.90 Å². The highest BCUT2D eigenvalue weighted by atomic mass is 32.2. The fraction of sp³-hybridized carbons (Fsp3) is 0.273. The lowest BCUT2D eigenvalue weighted by atomic mass is 10.2. The molecule has 1 aromatic carbocycles. The molecule has 0 spiro atoms. The molecule has 13 heavy (non-hydrogen) atoms. The molecule has 0 unspecified atom stereocenters. The lowest BCUT2D eigenvalue weighted by molar-refractivity contribution is 0.938. The van der Waals surface area contributed by atoms with Crippen LogP contribution in [0.4, 0.5) is 0 Å². The number of nitrogens with one attached hydrogen (secondary N) is 1. The Balaban J connectivity index is 2.73. The normalized spacial score (nSPS) is 9.08. The zero-order chi connectivity index (χ0) is 9.52. The summed E-state index contributed by atoms with van der Waals surface area (Å²) in [5.74, 6) is 6.13. The van der Waals surface area contributed by atoms with E-state index < -0.39 is 0 Å². The minimum Gasteiger partial charge on any atom is -0.309 e. The van der Waals surface area contributed by atoms with Crippen LogP contribution in [-0.4, -0.2) is 19.8 Å². The number of benzene rings is 1. The predicted molar refractivity (Wildman–Crippen MR) is 59.0 cm³/mol. The fourth-order valence-corrected chi connectivity index (χ4v) is 1.39. The molecular weight excluding hydrogens is 178 g/mol. The lowest BCUT2D eigenvalue weighted by Gasteiger charge is -1.95. The van der Waals surface area contributed by atoms with Crippen LogP contribution < -0.4 is 5.32 Å². The minimum atomic E-state index is 0.740. The summed E-state index contributed by atoms with van der Waals surface area (Å²) in [6.07, 6.45) is 2.07. The standard InChI is InChI=1S/C11H13NS/c1-12-8-4-6-10-5-3-7-11(9-10)13-2/h3,5,7,9,12H,8H2,1-2H3. The third kappa shape index (κ3) is 3.54. The van der Waals surface area contributed by atoms with Crippen LogP contribution in [0.25, 0.3) is 0 Å². The second kappa shape index (κ2) is 5.69. The second-order valence-electron chi connectivity index (χ2n) is 2.56. The molecule has 1 rings (SSSR count). The van der Waals surface area contributed by atoms with Crippen molar-refractivity contribution in [1.82, 2.24) is 5.32 Å². The Labute approximate surface area is 83.9 Å². The van der Waals surface area contributed by atoms with E-state index in [-0.39, 0.29) is 0 Å². The third-order valence-electron chi connectivity index (χ3n) is 1.57. The van der Waals surface area contributed by atoms with Gasteiger partial charge in [-0.25, -0.2) is 0 Å². The van der Waals surface area contributed by atoms with Crippen LogP contribution in [0.1, 0.15) is 5.56 Å². The van der Waals surface area contributed by atoms with Crippen molar-refractivity contribution in [3.05, 3.63) is 29.8 Å². The zero-order valence-corrected chi connectivity index (χ0v) is 8.74. The van der Waals surface area contributed by atoms with Gasteiger partial charge in [0, 0.05) is 10.5 Å². The zero-order valence-electron chi connectivity index (χ0n) is 7.92. The first-order valence-electron chi connectivity index (χ1n) is 4.14. The molecule has 0 aliphatic carbocycles. The Hall–Kier alpha value is -0.910. The van der Waals surface area contributed by atoms with E-state index in [0.717, 1.165) is 12.1 Å². The molecular formula is C11H13NS. The molecule has 0 amide bonds. The molecule has 68 valence electrons. The van der Waals surface area contributed by atoms with Gasteiger partial charge in [0.1, 0.15) is 0 Å². The van der Waals surface area contributed by atoms with Gasteiger partial charge in [0.2, 0.25) is 0 Å². The van der Waals surface area contributed by atoms with E-state index >= 15 is 0 Å². The Morgan fingerprint density at radius 3 is 3.00 bits per heavy atom. The van der Waals surface area contributed by atoms with Crippen molar-refractivity contribution < 1.29 is 0 Å². The predicted octanol–water partition coefficient (Wildman–Crippen LogP) is 1.98. The van der Waals surface area contributed by atoms with E-state index in [4.69, 9.17) is 0 Å². The van der Waals surface area contributed by atoms with Gasteiger partial charge in [0.05, 0.1) is 6.54 Å². The highest BCUT2D eigenvalue weighted by Gasteiger charge is 1.89. The molecule has 0 fully saturated rings. The van der Waals surface area contributed by atoms with Gasteiger partial charge in [-0.15, -0.1) is 11.8 Å². The molecule has 0 aliphatic rings. The molecule has 0 bridgehead atoms. The largest absolute Gasteiger partial charge is 0.309 e. The summed E-state index contributed by atoms with van der Waals surface area (Å²) in [6.45, 7) is 0.740. The Morgan fingerprint density at radius 1 is 1.46 bits per heavy atom. The average Bonchev–Trinajstić information content (AvgIpc) is 2.19. The van der Waals surface area contributed by atoms with Gasteiger partial charge in [0.15, 0.2) is 0 Å². The van der Waals surface area contributed by atoms with E-state index in [9.17, 15) is 0 Å².